The molecule has 4 heteroatoms. The van der Waals surface area contributed by atoms with Crippen LogP contribution in [0.15, 0.2) is 179 Å². The molecule has 10 aromatic carbocycles. The Labute approximate surface area is 417 Å². The number of hydrogen-bond acceptors (Lipinski definition) is 4. The van der Waals surface area contributed by atoms with E-state index < -0.39 is 0 Å². The average Bonchev–Trinajstić information content (AvgIpc) is 3.96. The van der Waals surface area contributed by atoms with E-state index in [2.05, 4.69) is 249 Å². The minimum Gasteiger partial charge on any atom is -0.454 e. The molecule has 0 atom stereocenters. The van der Waals surface area contributed by atoms with Gasteiger partial charge < -0.3 is 18.6 Å². The summed E-state index contributed by atoms with van der Waals surface area (Å²) in [6, 6.07) is 63.3. The predicted octanol–water partition coefficient (Wildman–Crippen LogP) is 20.6. The van der Waals surface area contributed by atoms with Gasteiger partial charge in [0, 0.05) is 54.8 Å². The lowest BCUT2D eigenvalue weighted by atomic mass is 9.81. The molecule has 0 aliphatic heterocycles. The van der Waals surface area contributed by atoms with Gasteiger partial charge in [-0.15, -0.1) is 0 Å². The number of nitrogens with zero attached hydrogens (tertiary/aromatic N) is 2. The lowest BCUT2D eigenvalue weighted by Gasteiger charge is -2.29. The van der Waals surface area contributed by atoms with Crippen LogP contribution in [0.4, 0.5) is 34.1 Å². The molecule has 0 unspecified atom stereocenters. The van der Waals surface area contributed by atoms with Crippen LogP contribution in [-0.4, -0.2) is 0 Å². The average molecular weight is 927 g/mol. The van der Waals surface area contributed by atoms with Crippen LogP contribution in [0.3, 0.4) is 0 Å². The Balaban J connectivity index is 1.12. The second kappa shape index (κ2) is 16.5. The molecule has 0 N–H and O–H groups in total. The number of benzene rings is 10. The van der Waals surface area contributed by atoms with Gasteiger partial charge in [0.1, 0.15) is 11.2 Å². The van der Waals surface area contributed by atoms with Crippen LogP contribution >= 0.6 is 0 Å². The fourth-order valence-electron chi connectivity index (χ4n) is 11.3. The van der Waals surface area contributed by atoms with Gasteiger partial charge in [0.05, 0.1) is 22.7 Å². The predicted molar refractivity (Wildman–Crippen MR) is 304 cm³/mol. The van der Waals surface area contributed by atoms with Crippen molar-refractivity contribution in [1.82, 2.24) is 0 Å². The molecule has 4 nitrogen and oxygen atoms in total. The Hall–Kier alpha value is -7.56. The van der Waals surface area contributed by atoms with Crippen molar-refractivity contribution in [3.63, 3.8) is 0 Å². The molecule has 0 radical (unpaired) electrons. The third kappa shape index (κ3) is 7.08. The third-order valence-electron chi connectivity index (χ3n) is 15.6. The van der Waals surface area contributed by atoms with Crippen molar-refractivity contribution in [2.24, 2.45) is 0 Å². The van der Waals surface area contributed by atoms with E-state index in [0.717, 1.165) is 84.4 Å². The zero-order chi connectivity index (χ0) is 49.1. The highest BCUT2D eigenvalue weighted by Gasteiger charge is 2.29. The van der Waals surface area contributed by atoms with E-state index in [9.17, 15) is 0 Å². The van der Waals surface area contributed by atoms with Crippen molar-refractivity contribution in [1.29, 1.82) is 0 Å². The van der Waals surface area contributed by atoms with Crippen LogP contribution in [0.2, 0.25) is 0 Å². The molecule has 0 fully saturated rings. The zero-order valence-electron chi connectivity index (χ0n) is 42.7. The van der Waals surface area contributed by atoms with Crippen LogP contribution in [0.25, 0.3) is 76.2 Å². The van der Waals surface area contributed by atoms with Crippen molar-refractivity contribution in [3.8, 4) is 0 Å². The van der Waals surface area contributed by atoms with E-state index in [4.69, 9.17) is 8.83 Å². The van der Waals surface area contributed by atoms with Gasteiger partial charge in [0.25, 0.3) is 0 Å². The van der Waals surface area contributed by atoms with E-state index in [0.29, 0.717) is 11.8 Å². The molecule has 71 heavy (non-hydrogen) atoms. The maximum atomic E-state index is 7.18. The molecule has 2 heterocycles. The van der Waals surface area contributed by atoms with Gasteiger partial charge in [-0.05, 0) is 110 Å². The second-order valence-electron chi connectivity index (χ2n) is 22.1. The highest BCUT2D eigenvalue weighted by molar-refractivity contribution is 6.29. The number of furan rings is 2. The van der Waals surface area contributed by atoms with Crippen molar-refractivity contribution in [3.05, 3.63) is 192 Å². The Morgan fingerprint density at radius 3 is 1.17 bits per heavy atom. The molecule has 2 aromatic heterocycles. The second-order valence-corrected chi connectivity index (χ2v) is 22.1. The maximum Gasteiger partial charge on any atom is 0.159 e. The number of hydrogen-bond donors (Lipinski definition) is 0. The summed E-state index contributed by atoms with van der Waals surface area (Å²) in [4.78, 5) is 4.86. The summed E-state index contributed by atoms with van der Waals surface area (Å²) in [7, 11) is 0. The van der Waals surface area contributed by atoms with Crippen molar-refractivity contribution >= 4 is 110 Å². The molecule has 12 rings (SSSR count). The lowest BCUT2D eigenvalue weighted by Crippen LogP contribution is -2.15. The molecule has 0 saturated heterocycles. The number of fused-ring (bicyclic) bond motifs is 6. The quantitative estimate of drug-likeness (QED) is 0.128. The van der Waals surface area contributed by atoms with Gasteiger partial charge in [0.15, 0.2) is 11.2 Å². The third-order valence-corrected chi connectivity index (χ3v) is 15.6. The smallest absolute Gasteiger partial charge is 0.159 e. The van der Waals surface area contributed by atoms with Crippen molar-refractivity contribution in [2.75, 3.05) is 9.80 Å². The van der Waals surface area contributed by atoms with Crippen LogP contribution in [0.1, 0.15) is 110 Å². The van der Waals surface area contributed by atoms with E-state index >= 15 is 0 Å². The highest BCUT2D eigenvalue weighted by atomic mass is 16.3. The minimum absolute atomic E-state index is 0.0493. The van der Waals surface area contributed by atoms with Gasteiger partial charge in [-0.25, -0.2) is 0 Å². The summed E-state index contributed by atoms with van der Waals surface area (Å²) in [5.74, 6) is 0.820. The zero-order valence-corrected chi connectivity index (χ0v) is 42.7. The summed E-state index contributed by atoms with van der Waals surface area (Å²) in [6.45, 7) is 22.7. The Morgan fingerprint density at radius 1 is 0.380 bits per heavy atom. The molecule has 0 saturated carbocycles. The monoisotopic (exact) mass is 926 g/mol. The van der Waals surface area contributed by atoms with E-state index in [-0.39, 0.29) is 10.8 Å². The van der Waals surface area contributed by atoms with E-state index in [1.165, 1.54) is 54.6 Å². The van der Waals surface area contributed by atoms with Crippen LogP contribution < -0.4 is 9.80 Å². The summed E-state index contributed by atoms with van der Waals surface area (Å²) in [6.07, 6.45) is 1.00. The summed E-state index contributed by atoms with van der Waals surface area (Å²) < 4.78 is 14.3. The number of anilines is 6. The van der Waals surface area contributed by atoms with Gasteiger partial charge in [0.2, 0.25) is 0 Å². The Bertz CT molecular complexity index is 3990. The van der Waals surface area contributed by atoms with E-state index in [1.54, 1.807) is 0 Å². The molecule has 0 amide bonds. The van der Waals surface area contributed by atoms with Gasteiger partial charge >= 0.3 is 0 Å². The van der Waals surface area contributed by atoms with Crippen LogP contribution in [-0.2, 0) is 10.8 Å². The first kappa shape index (κ1) is 44.6. The van der Waals surface area contributed by atoms with Crippen LogP contribution in [0.5, 0.6) is 0 Å². The number of para-hydroxylation sites is 4. The SMILES string of the molecule is CCC(C)(C)c1cccc2c1oc1c(N(c3ccc(C(C)C)cc3)c3ccc4ccc5c(N(c6ccc(C(C)C)cc6)c6cccc7c6oc6c(C(C)(C)C)cccc67)ccc6ccc3c4c65)cccc12. The van der Waals surface area contributed by atoms with Gasteiger partial charge in [-0.3, -0.25) is 0 Å². The highest BCUT2D eigenvalue weighted by Crippen LogP contribution is 2.51. The van der Waals surface area contributed by atoms with Crippen molar-refractivity contribution < 1.29 is 8.83 Å². The summed E-state index contributed by atoms with van der Waals surface area (Å²) in [5.41, 5.74) is 15.0. The molecular formula is C67H62N2O2. The molecule has 0 aliphatic carbocycles. The molecular weight excluding hydrogens is 865 g/mol. The summed E-state index contributed by atoms with van der Waals surface area (Å²) >= 11 is 0. The van der Waals surface area contributed by atoms with Crippen molar-refractivity contribution in [2.45, 2.75) is 98.3 Å². The first-order valence-corrected chi connectivity index (χ1v) is 25.6. The minimum atomic E-state index is -0.0914. The molecule has 12 aromatic rings. The first-order valence-electron chi connectivity index (χ1n) is 25.6. The Kier molecular flexibility index (Phi) is 10.4. The standard InChI is InChI=1S/C67H62N2O2/c1-11-67(9,10)55-21-13-17-49-51-19-15-23-59(65(51)71-63(49)55)69(47-34-26-43(27-35-47)41(4)5)57-39-31-45-28-36-52-56(38-30-44-29-37-53(57)61(45)60(44)52)68(46-32-24-42(25-33-46)40(2)3)58-22-14-18-50-48-16-12-20-54(66(6,7)8)62(48)70-64(50)58/h12-41H,11H2,1-10H3. The van der Waals surface area contributed by atoms with Gasteiger partial charge in [-0.1, -0.05) is 191 Å². The van der Waals surface area contributed by atoms with E-state index in [1.807, 2.05) is 0 Å². The topological polar surface area (TPSA) is 32.8 Å². The molecule has 0 bridgehead atoms. The maximum absolute atomic E-state index is 7.18. The lowest BCUT2D eigenvalue weighted by molar-refractivity contribution is 0.500. The molecule has 0 spiro atoms. The fourth-order valence-corrected chi connectivity index (χ4v) is 11.3. The van der Waals surface area contributed by atoms with Crippen LogP contribution in [0, 0.1) is 0 Å². The number of rotatable bonds is 10. The van der Waals surface area contributed by atoms with Gasteiger partial charge in [-0.2, -0.15) is 0 Å². The normalized spacial score (nSPS) is 12.7. The molecule has 352 valence electrons. The molecule has 0 aliphatic rings. The summed E-state index contributed by atoms with van der Waals surface area (Å²) in [5, 5.41) is 11.7. The first-order chi connectivity index (χ1) is 34.2. The largest absolute Gasteiger partial charge is 0.454 e. The fraction of sp³-hybridized carbons (Fsp3) is 0.224. The Morgan fingerprint density at radius 2 is 0.761 bits per heavy atom.